The number of carbonyl (C=O) groups is 2. The van der Waals surface area contributed by atoms with Gasteiger partial charge in [-0.3, -0.25) is 18.6 Å². The minimum Gasteiger partial charge on any atom is -0.462 e. The lowest BCUT2D eigenvalue weighted by molar-refractivity contribution is -0.161. The summed E-state index contributed by atoms with van der Waals surface area (Å²) >= 11 is 0. The van der Waals surface area contributed by atoms with Gasteiger partial charge in [-0.1, -0.05) is 302 Å². The van der Waals surface area contributed by atoms with Gasteiger partial charge in [0, 0.05) is 19.4 Å². The zero-order valence-electron chi connectivity index (χ0n) is 47.2. The summed E-state index contributed by atoms with van der Waals surface area (Å²) in [5, 5.41) is 0. The van der Waals surface area contributed by atoms with Gasteiger partial charge in [0.15, 0.2) is 6.10 Å². The molecule has 3 N–H and O–H groups in total. The van der Waals surface area contributed by atoms with Gasteiger partial charge in [-0.15, -0.1) is 0 Å². The lowest BCUT2D eigenvalue weighted by Crippen LogP contribution is -2.29. The fraction of sp³-hybridized carbons (Fsp3) is 0.934. The lowest BCUT2D eigenvalue weighted by atomic mass is 10.0. The maximum atomic E-state index is 12.6. The number of phosphoric acid groups is 1. The van der Waals surface area contributed by atoms with E-state index in [0.717, 1.165) is 57.8 Å². The number of carbonyl (C=O) groups excluding carboxylic acids is 2. The van der Waals surface area contributed by atoms with E-state index in [1.165, 1.54) is 244 Å². The number of ether oxygens (including phenoxy) is 2. The number of hydrogen-bond donors (Lipinski definition) is 2. The Morgan fingerprint density at radius 2 is 0.704 bits per heavy atom. The molecule has 0 saturated carbocycles. The van der Waals surface area contributed by atoms with Crippen molar-refractivity contribution < 1.29 is 37.6 Å². The van der Waals surface area contributed by atoms with Gasteiger partial charge in [0.2, 0.25) is 0 Å². The van der Waals surface area contributed by atoms with Crippen LogP contribution in [0, 0.1) is 0 Å². The predicted molar refractivity (Wildman–Crippen MR) is 303 cm³/mol. The zero-order chi connectivity index (χ0) is 51.7. The maximum absolute atomic E-state index is 12.6. The average molecular weight is 1030 g/mol. The summed E-state index contributed by atoms with van der Waals surface area (Å²) < 4.78 is 32.9. The molecule has 0 aromatic carbocycles. The van der Waals surface area contributed by atoms with Crippen LogP contribution in [0.4, 0.5) is 0 Å². The molecule has 0 aromatic heterocycles. The summed E-state index contributed by atoms with van der Waals surface area (Å²) in [5.41, 5.74) is 5.37. The van der Waals surface area contributed by atoms with Gasteiger partial charge in [0.1, 0.15) is 6.61 Å². The van der Waals surface area contributed by atoms with Crippen LogP contribution in [0.5, 0.6) is 0 Å². The molecule has 71 heavy (non-hydrogen) atoms. The largest absolute Gasteiger partial charge is 0.472 e. The van der Waals surface area contributed by atoms with E-state index in [0.29, 0.717) is 6.42 Å². The first-order valence-electron chi connectivity index (χ1n) is 31.2. The van der Waals surface area contributed by atoms with Crippen LogP contribution in [-0.4, -0.2) is 49.3 Å². The van der Waals surface area contributed by atoms with Gasteiger partial charge >= 0.3 is 19.8 Å². The lowest BCUT2D eigenvalue weighted by Gasteiger charge is -2.19. The molecule has 0 aliphatic heterocycles. The van der Waals surface area contributed by atoms with Crippen molar-refractivity contribution in [3.05, 3.63) is 12.2 Å². The second-order valence-corrected chi connectivity index (χ2v) is 22.7. The molecule has 0 radical (unpaired) electrons. The summed E-state index contributed by atoms with van der Waals surface area (Å²) in [6.45, 7) is 3.74. The van der Waals surface area contributed by atoms with Gasteiger partial charge < -0.3 is 20.1 Å². The van der Waals surface area contributed by atoms with Crippen molar-refractivity contribution in [3.8, 4) is 0 Å². The van der Waals surface area contributed by atoms with Crippen LogP contribution in [-0.2, 0) is 32.7 Å². The van der Waals surface area contributed by atoms with E-state index in [-0.39, 0.29) is 38.6 Å². The Balaban J connectivity index is 3.64. The van der Waals surface area contributed by atoms with Gasteiger partial charge in [-0.25, -0.2) is 4.57 Å². The zero-order valence-corrected chi connectivity index (χ0v) is 48.1. The Labute approximate surface area is 440 Å². The second kappa shape index (κ2) is 58.0. The molecule has 0 saturated heterocycles. The van der Waals surface area contributed by atoms with Crippen LogP contribution in [0.25, 0.3) is 0 Å². The van der Waals surface area contributed by atoms with E-state index in [9.17, 15) is 19.0 Å². The molecule has 0 spiro atoms. The van der Waals surface area contributed by atoms with Crippen LogP contribution in [0.2, 0.25) is 0 Å². The molecule has 0 bridgehead atoms. The van der Waals surface area contributed by atoms with Gasteiger partial charge in [-0.2, -0.15) is 0 Å². The summed E-state index contributed by atoms with van der Waals surface area (Å²) in [7, 11) is -4.38. The van der Waals surface area contributed by atoms with E-state index in [4.69, 9.17) is 24.3 Å². The van der Waals surface area contributed by atoms with E-state index >= 15 is 0 Å². The molecule has 0 heterocycles. The molecule has 9 nitrogen and oxygen atoms in total. The monoisotopic (exact) mass is 1030 g/mol. The third-order valence-electron chi connectivity index (χ3n) is 14.2. The predicted octanol–water partition coefficient (Wildman–Crippen LogP) is 19.6. The topological polar surface area (TPSA) is 134 Å². The Hall–Kier alpha value is -1.25. The first kappa shape index (κ1) is 69.8. The minimum atomic E-state index is -4.38. The second-order valence-electron chi connectivity index (χ2n) is 21.3. The van der Waals surface area contributed by atoms with Crippen molar-refractivity contribution in [3.63, 3.8) is 0 Å². The number of nitrogens with two attached hydrogens (primary N) is 1. The fourth-order valence-electron chi connectivity index (χ4n) is 9.50. The molecule has 0 aliphatic rings. The number of allylic oxidation sites excluding steroid dienone is 2. The third kappa shape index (κ3) is 57.9. The van der Waals surface area contributed by atoms with Crippen molar-refractivity contribution in [2.24, 2.45) is 5.73 Å². The van der Waals surface area contributed by atoms with Gasteiger partial charge in [0.05, 0.1) is 13.2 Å². The summed E-state index contributed by atoms with van der Waals surface area (Å²) in [4.78, 5) is 35.0. The highest BCUT2D eigenvalue weighted by Crippen LogP contribution is 2.43. The summed E-state index contributed by atoms with van der Waals surface area (Å²) in [6.07, 6.45) is 67.7. The van der Waals surface area contributed by atoms with Gasteiger partial charge in [-0.05, 0) is 32.1 Å². The van der Waals surface area contributed by atoms with Crippen molar-refractivity contribution in [1.29, 1.82) is 0 Å². The van der Waals surface area contributed by atoms with Crippen LogP contribution >= 0.6 is 7.82 Å². The van der Waals surface area contributed by atoms with Crippen LogP contribution in [0.3, 0.4) is 0 Å². The highest BCUT2D eigenvalue weighted by atomic mass is 31.2. The Morgan fingerprint density at radius 1 is 0.408 bits per heavy atom. The molecule has 0 aromatic rings. The first-order chi connectivity index (χ1) is 34.8. The SMILES string of the molecule is CCCC/C=C\CCCCCCCC(=O)OC(COC(=O)CCCCCCCCCCCCCCCCCCCCCCCCCCCCCCCCCCCCCCCCC)COP(=O)(O)OCCN. The molecule has 0 aliphatic carbocycles. The van der Waals surface area contributed by atoms with E-state index in [1.807, 2.05) is 0 Å². The minimum absolute atomic E-state index is 0.0550. The number of unbranched alkanes of at least 4 members (excludes halogenated alkanes) is 45. The summed E-state index contributed by atoms with van der Waals surface area (Å²) in [6, 6.07) is 0. The normalized spacial score (nSPS) is 13.0. The highest BCUT2D eigenvalue weighted by molar-refractivity contribution is 7.47. The van der Waals surface area contributed by atoms with Crippen LogP contribution in [0.15, 0.2) is 12.2 Å². The van der Waals surface area contributed by atoms with Crippen molar-refractivity contribution in [1.82, 2.24) is 0 Å². The van der Waals surface area contributed by atoms with E-state index in [2.05, 4.69) is 26.0 Å². The molecule has 2 unspecified atom stereocenters. The maximum Gasteiger partial charge on any atom is 0.472 e. The number of rotatable bonds is 60. The third-order valence-corrected chi connectivity index (χ3v) is 15.1. The van der Waals surface area contributed by atoms with Crippen molar-refractivity contribution in [2.45, 2.75) is 341 Å². The number of hydrogen-bond acceptors (Lipinski definition) is 8. The van der Waals surface area contributed by atoms with E-state index in [1.54, 1.807) is 0 Å². The van der Waals surface area contributed by atoms with Crippen molar-refractivity contribution >= 4 is 19.8 Å². The molecule has 0 amide bonds. The molecule has 422 valence electrons. The van der Waals surface area contributed by atoms with Crippen LogP contribution in [0.1, 0.15) is 335 Å². The molecule has 2 atom stereocenters. The molecule has 0 fully saturated rings. The van der Waals surface area contributed by atoms with Gasteiger partial charge in [0.25, 0.3) is 0 Å². The quantitative estimate of drug-likeness (QED) is 0.0264. The number of phosphoric ester groups is 1. The Morgan fingerprint density at radius 3 is 1.04 bits per heavy atom. The molecule has 0 rings (SSSR count). The fourth-order valence-corrected chi connectivity index (χ4v) is 10.3. The molecule has 10 heteroatoms. The Kier molecular flexibility index (Phi) is 57.0. The standard InChI is InChI=1S/C61H120NO8P/c1-3-5-7-9-11-13-15-16-17-18-19-20-21-22-23-24-25-26-27-28-29-30-31-32-33-34-35-36-37-38-39-40-41-42-44-45-47-49-51-53-60(63)67-57-59(58-69-71(65,66)68-56-55-62)70-61(64)54-52-50-48-46-43-14-12-10-8-6-4-2/h10,12,59H,3-9,11,13-58,62H2,1-2H3,(H,65,66)/b12-10-. The first-order valence-corrected chi connectivity index (χ1v) is 32.7. The molecular formula is C61H120NO8P. The average Bonchev–Trinajstić information content (AvgIpc) is 3.36. The van der Waals surface area contributed by atoms with Crippen LogP contribution < -0.4 is 5.73 Å². The summed E-state index contributed by atoms with van der Waals surface area (Å²) in [5.74, 6) is -0.824. The highest BCUT2D eigenvalue weighted by Gasteiger charge is 2.26. The van der Waals surface area contributed by atoms with Crippen molar-refractivity contribution in [2.75, 3.05) is 26.4 Å². The smallest absolute Gasteiger partial charge is 0.462 e. The molecular weight excluding hydrogens is 906 g/mol. The number of esters is 2. The van der Waals surface area contributed by atoms with E-state index < -0.39 is 26.5 Å². The Bertz CT molecular complexity index is 1170.